The molecule has 23 heavy (non-hydrogen) atoms. The number of amides is 1. The predicted molar refractivity (Wildman–Crippen MR) is 97.1 cm³/mol. The van der Waals surface area contributed by atoms with Crippen LogP contribution in [0.15, 0.2) is 0 Å². The number of carbonyl (C=O) groups is 1. The number of rotatable bonds is 3. The minimum atomic E-state index is 0. The monoisotopic (exact) mass is 343 g/mol. The molecule has 0 aromatic carbocycles. The fourth-order valence-corrected chi connectivity index (χ4v) is 4.81. The van der Waals surface area contributed by atoms with Gasteiger partial charge in [-0.05, 0) is 71.0 Å². The molecule has 2 heterocycles. The van der Waals surface area contributed by atoms with Crippen LogP contribution in [0.25, 0.3) is 0 Å². The van der Waals surface area contributed by atoms with Crippen LogP contribution < -0.4 is 5.32 Å². The summed E-state index contributed by atoms with van der Waals surface area (Å²) in [5.74, 6) is 1.18. The largest absolute Gasteiger partial charge is 0.338 e. The summed E-state index contributed by atoms with van der Waals surface area (Å²) in [6.07, 6.45) is 11.5. The number of likely N-dealkylation sites (tertiary alicyclic amines) is 1. The summed E-state index contributed by atoms with van der Waals surface area (Å²) in [5, 5.41) is 3.46. The van der Waals surface area contributed by atoms with E-state index in [4.69, 9.17) is 0 Å². The molecule has 1 N–H and O–H groups in total. The number of nitrogens with one attached hydrogen (secondary N) is 1. The summed E-state index contributed by atoms with van der Waals surface area (Å²) in [5.41, 5.74) is 0. The van der Waals surface area contributed by atoms with Gasteiger partial charge in [-0.15, -0.1) is 12.4 Å². The zero-order valence-corrected chi connectivity index (χ0v) is 15.5. The van der Waals surface area contributed by atoms with Crippen LogP contribution in [0.5, 0.6) is 0 Å². The van der Waals surface area contributed by atoms with Gasteiger partial charge in [0, 0.05) is 18.6 Å². The molecule has 3 aliphatic rings. The molecule has 0 radical (unpaired) electrons. The highest BCUT2D eigenvalue weighted by Crippen LogP contribution is 2.35. The highest BCUT2D eigenvalue weighted by atomic mass is 35.5. The quantitative estimate of drug-likeness (QED) is 0.855. The lowest BCUT2D eigenvalue weighted by molar-refractivity contribution is -0.139. The topological polar surface area (TPSA) is 35.6 Å². The number of carbonyl (C=O) groups excluding carboxylic acids is 1. The van der Waals surface area contributed by atoms with Gasteiger partial charge in [-0.1, -0.05) is 12.8 Å². The third-order valence-electron chi connectivity index (χ3n) is 6.12. The molecule has 1 saturated carbocycles. The van der Waals surface area contributed by atoms with Gasteiger partial charge in [-0.2, -0.15) is 0 Å². The zero-order valence-electron chi connectivity index (χ0n) is 14.6. The van der Waals surface area contributed by atoms with Crippen molar-refractivity contribution in [3.63, 3.8) is 0 Å². The van der Waals surface area contributed by atoms with Crippen molar-refractivity contribution in [2.24, 2.45) is 5.92 Å². The Morgan fingerprint density at radius 2 is 1.83 bits per heavy atom. The van der Waals surface area contributed by atoms with Gasteiger partial charge in [-0.3, -0.25) is 9.69 Å². The van der Waals surface area contributed by atoms with E-state index in [1.54, 1.807) is 0 Å². The van der Waals surface area contributed by atoms with Gasteiger partial charge in [0.05, 0.1) is 6.54 Å². The van der Waals surface area contributed by atoms with Crippen LogP contribution in [0.3, 0.4) is 0 Å². The highest BCUT2D eigenvalue weighted by Gasteiger charge is 2.36. The normalized spacial score (nSPS) is 31.9. The van der Waals surface area contributed by atoms with E-state index >= 15 is 0 Å². The lowest BCUT2D eigenvalue weighted by Gasteiger charge is -2.44. The first kappa shape index (κ1) is 19.0. The van der Waals surface area contributed by atoms with Gasteiger partial charge in [0.1, 0.15) is 0 Å². The Balaban J connectivity index is 0.00000192. The van der Waals surface area contributed by atoms with Gasteiger partial charge >= 0.3 is 0 Å². The number of hydrogen-bond donors (Lipinski definition) is 1. The van der Waals surface area contributed by atoms with Crippen LogP contribution in [0.2, 0.25) is 0 Å². The van der Waals surface area contributed by atoms with Crippen molar-refractivity contribution >= 4 is 18.3 Å². The fraction of sp³-hybridized carbons (Fsp3) is 0.944. The van der Waals surface area contributed by atoms with Crippen molar-refractivity contribution in [1.82, 2.24) is 15.1 Å². The van der Waals surface area contributed by atoms with E-state index in [0.717, 1.165) is 25.6 Å². The number of hydrogen-bond acceptors (Lipinski definition) is 3. The van der Waals surface area contributed by atoms with E-state index < -0.39 is 0 Å². The Morgan fingerprint density at radius 3 is 2.70 bits per heavy atom. The molecule has 0 spiro atoms. The second kappa shape index (κ2) is 9.24. The molecule has 0 aromatic rings. The molecule has 134 valence electrons. The molecule has 5 heteroatoms. The summed E-state index contributed by atoms with van der Waals surface area (Å²) >= 11 is 0. The van der Waals surface area contributed by atoms with Crippen LogP contribution in [0.4, 0.5) is 0 Å². The Bertz CT molecular complexity index is 369. The fourth-order valence-electron chi connectivity index (χ4n) is 4.81. The maximum atomic E-state index is 12.9. The molecule has 2 aliphatic heterocycles. The average molecular weight is 344 g/mol. The number of piperidine rings is 1. The predicted octanol–water partition coefficient (Wildman–Crippen LogP) is 2.66. The van der Waals surface area contributed by atoms with E-state index in [-0.39, 0.29) is 12.4 Å². The molecule has 0 aromatic heterocycles. The number of halogens is 1. The molecule has 2 saturated heterocycles. The summed E-state index contributed by atoms with van der Waals surface area (Å²) < 4.78 is 0. The maximum Gasteiger partial charge on any atom is 0.237 e. The molecule has 3 rings (SSSR count). The molecule has 4 nitrogen and oxygen atoms in total. The molecular formula is C18H34ClN3O. The Labute approximate surface area is 147 Å². The van der Waals surface area contributed by atoms with Crippen LogP contribution >= 0.6 is 12.4 Å². The molecule has 3 atom stereocenters. The van der Waals surface area contributed by atoms with Crippen LogP contribution in [-0.2, 0) is 4.79 Å². The summed E-state index contributed by atoms with van der Waals surface area (Å²) in [4.78, 5) is 17.4. The molecule has 3 unspecified atom stereocenters. The maximum absolute atomic E-state index is 12.9. The van der Waals surface area contributed by atoms with E-state index in [0.29, 0.717) is 24.5 Å². The summed E-state index contributed by atoms with van der Waals surface area (Å²) in [7, 11) is 2.15. The Morgan fingerprint density at radius 1 is 1.04 bits per heavy atom. The number of likely N-dealkylation sites (N-methyl/N-ethyl adjacent to an activating group) is 1. The van der Waals surface area contributed by atoms with Crippen molar-refractivity contribution in [3.05, 3.63) is 0 Å². The van der Waals surface area contributed by atoms with Crippen LogP contribution in [0, 0.1) is 5.92 Å². The molecule has 3 fully saturated rings. The van der Waals surface area contributed by atoms with E-state index in [1.165, 1.54) is 57.8 Å². The highest BCUT2D eigenvalue weighted by molar-refractivity contribution is 5.85. The molecule has 0 bridgehead atoms. The second-order valence-electron chi connectivity index (χ2n) is 7.59. The van der Waals surface area contributed by atoms with Crippen molar-refractivity contribution in [2.75, 3.05) is 33.2 Å². The Hall–Kier alpha value is -0.320. The minimum Gasteiger partial charge on any atom is -0.338 e. The van der Waals surface area contributed by atoms with Gasteiger partial charge in [-0.25, -0.2) is 0 Å². The van der Waals surface area contributed by atoms with Crippen LogP contribution in [0.1, 0.15) is 57.8 Å². The molecule has 1 aliphatic carbocycles. The summed E-state index contributed by atoms with van der Waals surface area (Å²) in [6.45, 7) is 3.85. The lowest BCUT2D eigenvalue weighted by Crippen LogP contribution is -2.53. The van der Waals surface area contributed by atoms with E-state index in [2.05, 4.69) is 22.2 Å². The van der Waals surface area contributed by atoms with Crippen molar-refractivity contribution < 1.29 is 4.79 Å². The van der Waals surface area contributed by atoms with Crippen molar-refractivity contribution in [3.8, 4) is 0 Å². The Kier molecular flexibility index (Phi) is 7.64. The molecule has 1 amide bonds. The minimum absolute atomic E-state index is 0. The standard InChI is InChI=1S/C18H33N3O.ClH/c1-20(16-8-4-11-19-12-10-16)14-18(22)21-13-5-7-15-6-2-3-9-17(15)21;/h15-17,19H,2-14H2,1H3;1H. The van der Waals surface area contributed by atoms with Gasteiger partial charge in [0.15, 0.2) is 0 Å². The first-order chi connectivity index (χ1) is 10.8. The lowest BCUT2D eigenvalue weighted by atomic mass is 9.78. The van der Waals surface area contributed by atoms with E-state index in [1.807, 2.05) is 0 Å². The molecular weight excluding hydrogens is 310 g/mol. The SMILES string of the molecule is CN(CC(=O)N1CCCC2CCCCC21)C1CCCNCC1.Cl. The number of nitrogens with zero attached hydrogens (tertiary/aromatic N) is 2. The zero-order chi connectivity index (χ0) is 15.4. The van der Waals surface area contributed by atoms with Gasteiger partial charge in [0.2, 0.25) is 5.91 Å². The number of fused-ring (bicyclic) bond motifs is 1. The average Bonchev–Trinajstić information content (AvgIpc) is 2.83. The first-order valence-electron chi connectivity index (χ1n) is 9.46. The first-order valence-corrected chi connectivity index (χ1v) is 9.46. The third kappa shape index (κ3) is 4.83. The van der Waals surface area contributed by atoms with Crippen LogP contribution in [-0.4, -0.2) is 61.0 Å². The van der Waals surface area contributed by atoms with Crippen molar-refractivity contribution in [1.29, 1.82) is 0 Å². The smallest absolute Gasteiger partial charge is 0.237 e. The second-order valence-corrected chi connectivity index (χ2v) is 7.59. The summed E-state index contributed by atoms with van der Waals surface area (Å²) in [6, 6.07) is 1.13. The van der Waals surface area contributed by atoms with E-state index in [9.17, 15) is 4.79 Å². The van der Waals surface area contributed by atoms with Crippen molar-refractivity contribution in [2.45, 2.75) is 69.9 Å². The van der Waals surface area contributed by atoms with Gasteiger partial charge < -0.3 is 10.2 Å². The third-order valence-corrected chi connectivity index (χ3v) is 6.12. The van der Waals surface area contributed by atoms with Gasteiger partial charge in [0.25, 0.3) is 0 Å².